The third-order valence-corrected chi connectivity index (χ3v) is 2.91. The van der Waals surface area contributed by atoms with E-state index >= 15 is 0 Å². The van der Waals surface area contributed by atoms with Crippen LogP contribution in [0, 0.1) is 0 Å². The van der Waals surface area contributed by atoms with Gasteiger partial charge >= 0.3 is 6.18 Å². The number of nitrogens with one attached hydrogen (secondary N) is 2. The molecule has 138 valence electrons. The summed E-state index contributed by atoms with van der Waals surface area (Å²) >= 11 is 0. The molecule has 1 rings (SSSR count). The van der Waals surface area contributed by atoms with E-state index in [2.05, 4.69) is 27.3 Å². The van der Waals surface area contributed by atoms with Crippen LogP contribution in [0.4, 0.5) is 13.2 Å². The second-order valence-electron chi connectivity index (χ2n) is 5.02. The van der Waals surface area contributed by atoms with Gasteiger partial charge in [-0.15, -0.1) is 24.0 Å². The zero-order valence-electron chi connectivity index (χ0n) is 13.9. The molecule has 0 saturated heterocycles. The molecule has 8 heteroatoms. The van der Waals surface area contributed by atoms with E-state index in [9.17, 15) is 13.2 Å². The van der Waals surface area contributed by atoms with Crippen molar-refractivity contribution in [2.24, 2.45) is 4.99 Å². The van der Waals surface area contributed by atoms with Crippen LogP contribution in [0.3, 0.4) is 0 Å². The van der Waals surface area contributed by atoms with Crippen LogP contribution in [0.5, 0.6) is 5.75 Å². The van der Waals surface area contributed by atoms with E-state index in [-0.39, 0.29) is 29.7 Å². The van der Waals surface area contributed by atoms with Gasteiger partial charge in [-0.05, 0) is 31.0 Å². The number of hydrogen-bond donors (Lipinski definition) is 2. The Hall–Kier alpha value is -1.19. The van der Waals surface area contributed by atoms with E-state index in [4.69, 9.17) is 0 Å². The van der Waals surface area contributed by atoms with E-state index in [0.29, 0.717) is 6.54 Å². The molecule has 1 aromatic carbocycles. The molecule has 24 heavy (non-hydrogen) atoms. The van der Waals surface area contributed by atoms with E-state index in [1.165, 1.54) is 12.1 Å². The van der Waals surface area contributed by atoms with E-state index in [0.717, 1.165) is 37.5 Å². The quantitative estimate of drug-likeness (QED) is 0.266. The van der Waals surface area contributed by atoms with Crippen molar-refractivity contribution in [3.63, 3.8) is 0 Å². The van der Waals surface area contributed by atoms with Crippen molar-refractivity contribution in [2.75, 3.05) is 19.7 Å². The van der Waals surface area contributed by atoms with E-state index in [1.54, 1.807) is 12.1 Å². The number of nitrogens with zero attached hydrogens (tertiary/aromatic N) is 1. The van der Waals surface area contributed by atoms with Crippen molar-refractivity contribution < 1.29 is 17.9 Å². The Balaban J connectivity index is 0.00000529. The summed E-state index contributed by atoms with van der Waals surface area (Å²) in [6.45, 7) is 4.89. The van der Waals surface area contributed by atoms with Gasteiger partial charge in [-0.25, -0.2) is 4.99 Å². The zero-order valence-corrected chi connectivity index (χ0v) is 16.3. The van der Waals surface area contributed by atoms with Crippen LogP contribution in [0.15, 0.2) is 29.3 Å². The van der Waals surface area contributed by atoms with Gasteiger partial charge < -0.3 is 15.4 Å². The minimum Gasteiger partial charge on any atom is -0.484 e. The summed E-state index contributed by atoms with van der Waals surface area (Å²) < 4.78 is 40.9. The number of benzene rings is 1. The Kier molecular flexibility index (Phi) is 11.6. The van der Waals surface area contributed by atoms with E-state index < -0.39 is 12.8 Å². The third kappa shape index (κ3) is 10.6. The number of halogens is 4. The normalized spacial score (nSPS) is 11.6. The molecule has 0 radical (unpaired) electrons. The van der Waals surface area contributed by atoms with Gasteiger partial charge in [0, 0.05) is 13.1 Å². The van der Waals surface area contributed by atoms with Crippen molar-refractivity contribution in [3.05, 3.63) is 29.8 Å². The first kappa shape index (κ1) is 22.8. The first-order valence-corrected chi connectivity index (χ1v) is 7.75. The van der Waals surface area contributed by atoms with Crippen LogP contribution in [0.25, 0.3) is 0 Å². The van der Waals surface area contributed by atoms with Crippen LogP contribution < -0.4 is 15.4 Å². The summed E-state index contributed by atoms with van der Waals surface area (Å²) in [5.41, 5.74) is 0.900. The Morgan fingerprint density at radius 2 is 1.79 bits per heavy atom. The minimum absolute atomic E-state index is 0. The Morgan fingerprint density at radius 3 is 2.33 bits per heavy atom. The maximum absolute atomic E-state index is 12.1. The largest absolute Gasteiger partial charge is 0.484 e. The summed E-state index contributed by atoms with van der Waals surface area (Å²) in [5, 5.41) is 6.38. The number of ether oxygens (including phenoxy) is 1. The topological polar surface area (TPSA) is 45.7 Å². The summed E-state index contributed by atoms with van der Waals surface area (Å²) in [7, 11) is 0. The maximum Gasteiger partial charge on any atom is 0.422 e. The molecule has 0 spiro atoms. The number of unbranched alkanes of at least 4 members (excludes halogenated alkanes) is 1. The lowest BCUT2D eigenvalue weighted by atomic mass is 10.2. The standard InChI is InChI=1S/C16H24F3N3O.HI/c1-3-5-10-21-15(20-4-2)22-11-13-6-8-14(9-7-13)23-12-16(17,18)19;/h6-9H,3-5,10-12H2,1-2H3,(H2,20,21,22);1H. The first-order valence-electron chi connectivity index (χ1n) is 7.75. The lowest BCUT2D eigenvalue weighted by molar-refractivity contribution is -0.153. The molecule has 0 bridgehead atoms. The van der Waals surface area contributed by atoms with Crippen LogP contribution in [0.2, 0.25) is 0 Å². The average Bonchev–Trinajstić information content (AvgIpc) is 2.51. The van der Waals surface area contributed by atoms with Crippen LogP contribution >= 0.6 is 24.0 Å². The second kappa shape index (κ2) is 12.2. The third-order valence-electron chi connectivity index (χ3n) is 2.91. The van der Waals surface area contributed by atoms with Gasteiger partial charge in [0.15, 0.2) is 12.6 Å². The van der Waals surface area contributed by atoms with Crippen molar-refractivity contribution in [1.29, 1.82) is 0 Å². The molecule has 0 aromatic heterocycles. The highest BCUT2D eigenvalue weighted by molar-refractivity contribution is 14.0. The minimum atomic E-state index is -4.33. The van der Waals surface area contributed by atoms with Gasteiger partial charge in [0.05, 0.1) is 6.54 Å². The Labute approximate surface area is 158 Å². The van der Waals surface area contributed by atoms with Crippen LogP contribution in [-0.4, -0.2) is 31.8 Å². The molecule has 4 nitrogen and oxygen atoms in total. The predicted molar refractivity (Wildman–Crippen MR) is 101 cm³/mol. The molecule has 0 aliphatic rings. The summed E-state index contributed by atoms with van der Waals surface area (Å²) in [4.78, 5) is 4.44. The van der Waals surface area contributed by atoms with Crippen LogP contribution in [0.1, 0.15) is 32.3 Å². The van der Waals surface area contributed by atoms with Crippen molar-refractivity contribution in [1.82, 2.24) is 10.6 Å². The number of hydrogen-bond acceptors (Lipinski definition) is 2. The fourth-order valence-electron chi connectivity index (χ4n) is 1.75. The molecule has 0 heterocycles. The summed E-state index contributed by atoms with van der Waals surface area (Å²) in [5.74, 6) is 0.932. The van der Waals surface area contributed by atoms with Gasteiger partial charge in [0.25, 0.3) is 0 Å². The number of alkyl halides is 3. The van der Waals surface area contributed by atoms with Crippen molar-refractivity contribution in [3.8, 4) is 5.75 Å². The van der Waals surface area contributed by atoms with Crippen molar-refractivity contribution in [2.45, 2.75) is 39.4 Å². The van der Waals surface area contributed by atoms with Gasteiger partial charge in [-0.1, -0.05) is 25.5 Å². The number of rotatable bonds is 8. The smallest absolute Gasteiger partial charge is 0.422 e. The fourth-order valence-corrected chi connectivity index (χ4v) is 1.75. The first-order chi connectivity index (χ1) is 10.9. The van der Waals surface area contributed by atoms with Gasteiger partial charge in [-0.3, -0.25) is 0 Å². The SMILES string of the molecule is CCCCNC(=NCc1ccc(OCC(F)(F)F)cc1)NCC.I. The van der Waals surface area contributed by atoms with Gasteiger partial charge in [0.2, 0.25) is 0 Å². The molecule has 0 aliphatic carbocycles. The highest BCUT2D eigenvalue weighted by Gasteiger charge is 2.28. The molecular formula is C16H25F3IN3O. The molecule has 0 unspecified atom stereocenters. The van der Waals surface area contributed by atoms with E-state index in [1.807, 2.05) is 6.92 Å². The predicted octanol–water partition coefficient (Wildman–Crippen LogP) is 4.10. The van der Waals surface area contributed by atoms with Crippen molar-refractivity contribution >= 4 is 29.9 Å². The lowest BCUT2D eigenvalue weighted by Gasteiger charge is -2.11. The summed E-state index contributed by atoms with van der Waals surface area (Å²) in [6.07, 6.45) is -2.16. The number of guanidine groups is 1. The molecule has 0 amide bonds. The van der Waals surface area contributed by atoms with Crippen LogP contribution in [-0.2, 0) is 6.54 Å². The average molecular weight is 459 g/mol. The Bertz CT molecular complexity index is 478. The molecule has 0 atom stereocenters. The fraction of sp³-hybridized carbons (Fsp3) is 0.562. The maximum atomic E-state index is 12.1. The molecule has 0 aliphatic heterocycles. The molecular weight excluding hydrogens is 434 g/mol. The summed E-state index contributed by atoms with van der Waals surface area (Å²) in [6, 6.07) is 6.47. The highest BCUT2D eigenvalue weighted by Crippen LogP contribution is 2.19. The Morgan fingerprint density at radius 1 is 1.12 bits per heavy atom. The molecule has 1 aromatic rings. The highest BCUT2D eigenvalue weighted by atomic mass is 127. The van der Waals surface area contributed by atoms with Gasteiger partial charge in [-0.2, -0.15) is 13.2 Å². The van der Waals surface area contributed by atoms with Gasteiger partial charge in [0.1, 0.15) is 5.75 Å². The molecule has 2 N–H and O–H groups in total. The lowest BCUT2D eigenvalue weighted by Crippen LogP contribution is -2.37. The zero-order chi connectivity index (χ0) is 17.1. The number of aliphatic imine (C=N–C) groups is 1. The monoisotopic (exact) mass is 459 g/mol. The molecule has 0 fully saturated rings. The molecule has 0 saturated carbocycles. The second-order valence-corrected chi connectivity index (χ2v) is 5.02.